The van der Waals surface area contributed by atoms with Crippen molar-refractivity contribution in [1.82, 2.24) is 4.72 Å². The Morgan fingerprint density at radius 1 is 1.50 bits per heavy atom. The van der Waals surface area contributed by atoms with Crippen molar-refractivity contribution in [3.63, 3.8) is 0 Å². The highest BCUT2D eigenvalue weighted by Gasteiger charge is 2.29. The van der Waals surface area contributed by atoms with E-state index in [4.69, 9.17) is 11.6 Å². The van der Waals surface area contributed by atoms with Crippen LogP contribution in [0.4, 0.5) is 4.39 Å². The average Bonchev–Trinajstić information content (AvgIpc) is 2.28. The van der Waals surface area contributed by atoms with Crippen molar-refractivity contribution in [1.29, 1.82) is 0 Å². The molecule has 2 atom stereocenters. The Labute approximate surface area is 116 Å². The van der Waals surface area contributed by atoms with Crippen LogP contribution in [0.5, 0.6) is 0 Å². The maximum atomic E-state index is 13.9. The molecule has 5 heteroatoms. The second-order valence-electron chi connectivity index (χ2n) is 4.86. The highest BCUT2D eigenvalue weighted by molar-refractivity contribution is 7.90. The molecule has 1 rings (SSSR count). The standard InChI is InChI=1S/C13H17ClFNOS/c1-5-11(16-18(17)13(2,3)4)9-7-6-8-10(14)12(9)15/h5-8,11,16H,1H2,2-4H3/t11-,18?/m1/s1. The third-order valence-corrected chi connectivity index (χ3v) is 4.21. The number of halogens is 2. The predicted octanol–water partition coefficient (Wildman–Crippen LogP) is 3.76. The van der Waals surface area contributed by atoms with Gasteiger partial charge in [-0.2, -0.15) is 0 Å². The van der Waals surface area contributed by atoms with Crippen molar-refractivity contribution >= 4 is 23.0 Å². The molecule has 0 amide bonds. The Morgan fingerprint density at radius 3 is 2.61 bits per heavy atom. The summed E-state index contributed by atoms with van der Waals surface area (Å²) in [5.74, 6) is -0.512. The minimum atomic E-state index is -1.31. The van der Waals surface area contributed by atoms with E-state index >= 15 is 0 Å². The van der Waals surface area contributed by atoms with E-state index in [1.807, 2.05) is 20.8 Å². The molecule has 0 bridgehead atoms. The van der Waals surface area contributed by atoms with Gasteiger partial charge in [-0.1, -0.05) is 29.8 Å². The molecule has 1 aromatic carbocycles. The zero-order valence-electron chi connectivity index (χ0n) is 10.7. The van der Waals surface area contributed by atoms with Crippen molar-refractivity contribution in [3.8, 4) is 0 Å². The van der Waals surface area contributed by atoms with E-state index in [0.717, 1.165) is 0 Å². The summed E-state index contributed by atoms with van der Waals surface area (Å²) in [7, 11) is 0. The van der Waals surface area contributed by atoms with Gasteiger partial charge in [-0.3, -0.25) is 0 Å². The lowest BCUT2D eigenvalue weighted by atomic mass is 10.1. The first-order valence-corrected chi connectivity index (χ1v) is 7.04. The van der Waals surface area contributed by atoms with Crippen molar-refractivity contribution in [2.45, 2.75) is 31.6 Å². The van der Waals surface area contributed by atoms with Crippen LogP contribution >= 0.6 is 11.6 Å². The van der Waals surface area contributed by atoms with Crippen LogP contribution in [-0.2, 0) is 11.4 Å². The highest BCUT2D eigenvalue weighted by atomic mass is 35.5. The van der Waals surface area contributed by atoms with Crippen LogP contribution in [0.1, 0.15) is 32.4 Å². The van der Waals surface area contributed by atoms with E-state index in [9.17, 15) is 8.94 Å². The van der Waals surface area contributed by atoms with Crippen molar-refractivity contribution in [3.05, 3.63) is 47.3 Å². The van der Waals surface area contributed by atoms with Crippen molar-refractivity contribution in [2.75, 3.05) is 0 Å². The molecule has 2 nitrogen and oxygen atoms in total. The largest absolute Gasteiger partial charge is 0.598 e. The molecule has 1 N–H and O–H groups in total. The van der Waals surface area contributed by atoms with Gasteiger partial charge in [-0.25, -0.2) is 4.39 Å². The zero-order chi connectivity index (χ0) is 13.9. The minimum absolute atomic E-state index is 0.0442. The predicted molar refractivity (Wildman–Crippen MR) is 75.4 cm³/mol. The molecule has 0 saturated carbocycles. The lowest BCUT2D eigenvalue weighted by Crippen LogP contribution is -2.41. The fourth-order valence-corrected chi connectivity index (χ4v) is 2.28. The summed E-state index contributed by atoms with van der Waals surface area (Å²) in [6.45, 7) is 9.15. The molecule has 1 aromatic rings. The Hall–Kier alpha value is -0.550. The van der Waals surface area contributed by atoms with Crippen LogP contribution in [0, 0.1) is 5.82 Å². The summed E-state index contributed by atoms with van der Waals surface area (Å²) in [4.78, 5) is 0. The normalized spacial score (nSPS) is 15.2. The van der Waals surface area contributed by atoms with Gasteiger partial charge in [0.15, 0.2) is 0 Å². The fraction of sp³-hybridized carbons (Fsp3) is 0.385. The number of rotatable bonds is 4. The molecular weight excluding hydrogens is 273 g/mol. The van der Waals surface area contributed by atoms with Gasteiger partial charge in [-0.15, -0.1) is 11.3 Å². The maximum Gasteiger partial charge on any atom is 0.147 e. The molecule has 0 heterocycles. The van der Waals surface area contributed by atoms with Crippen LogP contribution in [-0.4, -0.2) is 9.30 Å². The summed E-state index contributed by atoms with van der Waals surface area (Å²) in [6.07, 6.45) is 1.51. The smallest absolute Gasteiger partial charge is 0.147 e. The second-order valence-corrected chi connectivity index (χ2v) is 7.26. The first-order chi connectivity index (χ1) is 8.27. The first-order valence-electron chi connectivity index (χ1n) is 5.52. The van der Waals surface area contributed by atoms with Gasteiger partial charge in [-0.05, 0) is 26.8 Å². The van der Waals surface area contributed by atoms with Crippen LogP contribution in [0.3, 0.4) is 0 Å². The molecule has 0 radical (unpaired) electrons. The second kappa shape index (κ2) is 6.06. The Morgan fingerprint density at radius 2 is 2.11 bits per heavy atom. The molecule has 0 aromatic heterocycles. The van der Waals surface area contributed by atoms with E-state index in [-0.39, 0.29) is 5.02 Å². The molecule has 1 unspecified atom stereocenters. The molecule has 0 fully saturated rings. The van der Waals surface area contributed by atoms with Crippen LogP contribution in [0.25, 0.3) is 0 Å². The van der Waals surface area contributed by atoms with E-state index < -0.39 is 28.0 Å². The molecule has 18 heavy (non-hydrogen) atoms. The van der Waals surface area contributed by atoms with E-state index in [1.165, 1.54) is 12.1 Å². The van der Waals surface area contributed by atoms with Crippen molar-refractivity contribution in [2.24, 2.45) is 0 Å². The Kier molecular flexibility index (Phi) is 5.22. The number of hydrogen-bond donors (Lipinski definition) is 1. The molecule has 0 aliphatic carbocycles. The van der Waals surface area contributed by atoms with Gasteiger partial charge >= 0.3 is 0 Å². The zero-order valence-corrected chi connectivity index (χ0v) is 12.2. The molecular formula is C13H17ClFNOS. The fourth-order valence-electron chi connectivity index (χ4n) is 1.29. The van der Waals surface area contributed by atoms with Gasteiger partial charge in [0, 0.05) is 16.9 Å². The minimum Gasteiger partial charge on any atom is -0.598 e. The topological polar surface area (TPSA) is 35.1 Å². The Balaban J connectivity index is 2.97. The van der Waals surface area contributed by atoms with Gasteiger partial charge in [0.25, 0.3) is 0 Å². The van der Waals surface area contributed by atoms with Gasteiger partial charge < -0.3 is 4.55 Å². The summed E-state index contributed by atoms with van der Waals surface area (Å²) in [6, 6.07) is 4.18. The summed E-state index contributed by atoms with van der Waals surface area (Å²) >= 11 is 4.41. The highest BCUT2D eigenvalue weighted by Crippen LogP contribution is 2.26. The van der Waals surface area contributed by atoms with Gasteiger partial charge in [0.1, 0.15) is 10.6 Å². The van der Waals surface area contributed by atoms with Crippen LogP contribution in [0.2, 0.25) is 5.02 Å². The van der Waals surface area contributed by atoms with Gasteiger partial charge in [0.05, 0.1) is 11.1 Å². The quantitative estimate of drug-likeness (QED) is 0.677. The monoisotopic (exact) mass is 289 g/mol. The molecule has 100 valence electrons. The van der Waals surface area contributed by atoms with E-state index in [1.54, 1.807) is 12.1 Å². The lowest BCUT2D eigenvalue weighted by molar-refractivity contribution is 0.531. The Bertz CT molecular complexity index is 433. The molecule has 0 aliphatic rings. The SMILES string of the molecule is C=C[C@@H](N[S+]([O-])C(C)(C)C)c1cccc(Cl)c1F. The van der Waals surface area contributed by atoms with Crippen molar-refractivity contribution < 1.29 is 8.94 Å². The number of nitrogens with one attached hydrogen (secondary N) is 1. The average molecular weight is 290 g/mol. The first kappa shape index (κ1) is 15.5. The molecule has 0 spiro atoms. The maximum absolute atomic E-state index is 13.9. The number of benzene rings is 1. The van der Waals surface area contributed by atoms with Gasteiger partial charge in [0.2, 0.25) is 0 Å². The summed E-state index contributed by atoms with van der Waals surface area (Å²) < 4.78 is 28.3. The lowest BCUT2D eigenvalue weighted by Gasteiger charge is -2.27. The summed E-state index contributed by atoms with van der Waals surface area (Å²) in [5.41, 5.74) is 0.343. The third kappa shape index (κ3) is 3.72. The van der Waals surface area contributed by atoms with Crippen LogP contribution in [0.15, 0.2) is 30.9 Å². The summed E-state index contributed by atoms with van der Waals surface area (Å²) in [5, 5.41) is 0.0442. The third-order valence-electron chi connectivity index (χ3n) is 2.34. The van der Waals surface area contributed by atoms with Crippen LogP contribution < -0.4 is 4.72 Å². The number of hydrogen-bond acceptors (Lipinski definition) is 2. The van der Waals surface area contributed by atoms with E-state index in [0.29, 0.717) is 5.56 Å². The van der Waals surface area contributed by atoms with E-state index in [2.05, 4.69) is 11.3 Å². The molecule has 0 aliphatic heterocycles. The molecule has 0 saturated heterocycles.